The van der Waals surface area contributed by atoms with Gasteiger partial charge in [0.25, 0.3) is 5.91 Å². The smallest absolute Gasteiger partial charge is 0.256 e. The molecule has 1 amide bonds. The first-order valence-corrected chi connectivity index (χ1v) is 5.70. The molecule has 0 bridgehead atoms. The van der Waals surface area contributed by atoms with Crippen LogP contribution in [0.15, 0.2) is 18.3 Å². The van der Waals surface area contributed by atoms with Gasteiger partial charge in [0.15, 0.2) is 0 Å². The average molecular weight is 240 g/mol. The van der Waals surface area contributed by atoms with Gasteiger partial charge in [-0.05, 0) is 31.0 Å². The van der Waals surface area contributed by atoms with Crippen LogP contribution >= 0.6 is 11.6 Å². The van der Waals surface area contributed by atoms with Crippen LogP contribution in [0, 0.1) is 5.92 Å². The highest BCUT2D eigenvalue weighted by Crippen LogP contribution is 2.20. The van der Waals surface area contributed by atoms with Crippen LogP contribution in [-0.2, 0) is 0 Å². The highest BCUT2D eigenvalue weighted by molar-refractivity contribution is 6.32. The van der Waals surface area contributed by atoms with Gasteiger partial charge in [-0.15, -0.1) is 0 Å². The number of nitrogens with two attached hydrogens (primary N) is 1. The highest BCUT2D eigenvalue weighted by Gasteiger charge is 2.27. The van der Waals surface area contributed by atoms with E-state index >= 15 is 0 Å². The van der Waals surface area contributed by atoms with Gasteiger partial charge in [-0.2, -0.15) is 0 Å². The van der Waals surface area contributed by atoms with E-state index in [0.29, 0.717) is 18.0 Å². The Morgan fingerprint density at radius 3 is 3.12 bits per heavy atom. The quantitative estimate of drug-likeness (QED) is 0.788. The molecular formula is C11H14ClN3O. The van der Waals surface area contributed by atoms with E-state index in [1.807, 2.05) is 0 Å². The van der Waals surface area contributed by atoms with Gasteiger partial charge >= 0.3 is 0 Å². The predicted molar refractivity (Wildman–Crippen MR) is 62.3 cm³/mol. The Morgan fingerprint density at radius 2 is 2.50 bits per heavy atom. The van der Waals surface area contributed by atoms with Crippen LogP contribution in [0.4, 0.5) is 0 Å². The molecule has 5 heteroatoms. The van der Waals surface area contributed by atoms with E-state index in [2.05, 4.69) is 4.98 Å². The fraction of sp³-hybridized carbons (Fsp3) is 0.455. The molecule has 0 unspecified atom stereocenters. The Bertz CT molecular complexity index is 397. The number of carbonyl (C=O) groups excluding carboxylic acids is 1. The number of nitrogens with zero attached hydrogens (tertiary/aromatic N) is 2. The Morgan fingerprint density at radius 1 is 1.69 bits per heavy atom. The van der Waals surface area contributed by atoms with Crippen LogP contribution in [0.25, 0.3) is 0 Å². The summed E-state index contributed by atoms with van der Waals surface area (Å²) < 4.78 is 0. The maximum Gasteiger partial charge on any atom is 0.256 e. The second-order valence-corrected chi connectivity index (χ2v) is 4.34. The predicted octanol–water partition coefficient (Wildman–Crippen LogP) is 1.16. The van der Waals surface area contributed by atoms with Crippen LogP contribution in [0.5, 0.6) is 0 Å². The number of aromatic nitrogens is 1. The molecule has 2 rings (SSSR count). The van der Waals surface area contributed by atoms with Gasteiger partial charge in [0, 0.05) is 19.3 Å². The first-order chi connectivity index (χ1) is 7.72. The fourth-order valence-electron chi connectivity index (χ4n) is 1.93. The molecule has 1 atom stereocenters. The van der Waals surface area contributed by atoms with Crippen LogP contribution in [0.3, 0.4) is 0 Å². The number of pyridine rings is 1. The summed E-state index contributed by atoms with van der Waals surface area (Å²) in [5.74, 6) is 0.369. The zero-order valence-corrected chi connectivity index (χ0v) is 9.65. The lowest BCUT2D eigenvalue weighted by molar-refractivity contribution is 0.0787. The minimum Gasteiger partial charge on any atom is -0.338 e. The number of likely N-dealkylation sites (tertiary alicyclic amines) is 1. The summed E-state index contributed by atoms with van der Waals surface area (Å²) in [6, 6.07) is 3.42. The van der Waals surface area contributed by atoms with Crippen molar-refractivity contribution >= 4 is 17.5 Å². The third-order valence-electron chi connectivity index (χ3n) is 2.90. The van der Waals surface area contributed by atoms with Crippen molar-refractivity contribution in [2.75, 3.05) is 19.6 Å². The van der Waals surface area contributed by atoms with Crippen molar-refractivity contribution in [2.45, 2.75) is 6.42 Å². The molecule has 16 heavy (non-hydrogen) atoms. The maximum absolute atomic E-state index is 12.1. The standard InChI is InChI=1S/C11H14ClN3O/c12-10-9(2-1-4-14-10)11(16)15-5-3-8(6-13)7-15/h1-2,4,8H,3,5-7,13H2/t8-/m1/s1. The van der Waals surface area contributed by atoms with E-state index in [1.165, 1.54) is 0 Å². The summed E-state index contributed by atoms with van der Waals surface area (Å²) in [7, 11) is 0. The van der Waals surface area contributed by atoms with Crippen molar-refractivity contribution in [1.29, 1.82) is 0 Å². The zero-order chi connectivity index (χ0) is 11.5. The van der Waals surface area contributed by atoms with Crippen LogP contribution in [-0.4, -0.2) is 35.4 Å². The molecule has 2 heterocycles. The van der Waals surface area contributed by atoms with Crippen LogP contribution < -0.4 is 5.73 Å². The molecule has 1 aromatic rings. The maximum atomic E-state index is 12.1. The molecule has 0 radical (unpaired) electrons. The molecule has 0 saturated carbocycles. The Balaban J connectivity index is 2.12. The zero-order valence-electron chi connectivity index (χ0n) is 8.90. The van der Waals surface area contributed by atoms with Crippen molar-refractivity contribution in [3.8, 4) is 0 Å². The van der Waals surface area contributed by atoms with E-state index < -0.39 is 0 Å². The van der Waals surface area contributed by atoms with Gasteiger partial charge in [-0.25, -0.2) is 4.98 Å². The Hall–Kier alpha value is -1.13. The van der Waals surface area contributed by atoms with Gasteiger partial charge in [0.2, 0.25) is 0 Å². The summed E-state index contributed by atoms with van der Waals surface area (Å²) >= 11 is 5.88. The topological polar surface area (TPSA) is 59.2 Å². The van der Waals surface area contributed by atoms with Crippen LogP contribution in [0.1, 0.15) is 16.8 Å². The van der Waals surface area contributed by atoms with Crippen LogP contribution in [0.2, 0.25) is 5.15 Å². The summed E-state index contributed by atoms with van der Waals surface area (Å²) in [4.78, 5) is 17.8. The lowest BCUT2D eigenvalue weighted by atomic mass is 10.1. The van der Waals surface area contributed by atoms with Crippen molar-refractivity contribution in [1.82, 2.24) is 9.88 Å². The van der Waals surface area contributed by atoms with Gasteiger partial charge < -0.3 is 10.6 Å². The largest absolute Gasteiger partial charge is 0.338 e. The Labute approximate surface area is 99.4 Å². The first kappa shape index (κ1) is 11.4. The van der Waals surface area contributed by atoms with E-state index in [-0.39, 0.29) is 11.1 Å². The van der Waals surface area contributed by atoms with Crippen molar-refractivity contribution < 1.29 is 4.79 Å². The third-order valence-corrected chi connectivity index (χ3v) is 3.20. The minimum atomic E-state index is -0.0472. The van der Waals surface area contributed by atoms with Gasteiger partial charge in [0.05, 0.1) is 5.56 Å². The molecule has 1 fully saturated rings. The Kier molecular flexibility index (Phi) is 3.41. The SMILES string of the molecule is NC[C@H]1CCN(C(=O)c2cccnc2Cl)C1. The van der Waals surface area contributed by atoms with Gasteiger partial charge in [-0.1, -0.05) is 11.6 Å². The summed E-state index contributed by atoms with van der Waals surface area (Å²) in [6.45, 7) is 2.11. The summed E-state index contributed by atoms with van der Waals surface area (Å²) in [5, 5.41) is 0.267. The second-order valence-electron chi connectivity index (χ2n) is 3.98. The lowest BCUT2D eigenvalue weighted by Gasteiger charge is -2.16. The van der Waals surface area contributed by atoms with Gasteiger partial charge in [0.1, 0.15) is 5.15 Å². The van der Waals surface area contributed by atoms with Crippen molar-refractivity contribution in [3.05, 3.63) is 29.0 Å². The fourth-order valence-corrected chi connectivity index (χ4v) is 2.13. The minimum absolute atomic E-state index is 0.0472. The molecule has 1 saturated heterocycles. The molecular weight excluding hydrogens is 226 g/mol. The van der Waals surface area contributed by atoms with Crippen molar-refractivity contribution in [3.63, 3.8) is 0 Å². The number of carbonyl (C=O) groups is 1. The number of halogens is 1. The van der Waals surface area contributed by atoms with Gasteiger partial charge in [-0.3, -0.25) is 4.79 Å². The number of hydrogen-bond donors (Lipinski definition) is 1. The molecule has 1 aliphatic heterocycles. The lowest BCUT2D eigenvalue weighted by Crippen LogP contribution is -2.30. The second kappa shape index (κ2) is 4.80. The monoisotopic (exact) mass is 239 g/mol. The third kappa shape index (κ3) is 2.18. The summed E-state index contributed by atoms with van der Waals surface area (Å²) in [6.07, 6.45) is 2.55. The van der Waals surface area contributed by atoms with Crippen molar-refractivity contribution in [2.24, 2.45) is 11.7 Å². The average Bonchev–Trinajstić information content (AvgIpc) is 2.77. The molecule has 0 spiro atoms. The molecule has 2 N–H and O–H groups in total. The molecule has 1 aliphatic rings. The molecule has 0 aliphatic carbocycles. The van der Waals surface area contributed by atoms with E-state index in [1.54, 1.807) is 23.2 Å². The number of hydrogen-bond acceptors (Lipinski definition) is 3. The number of rotatable bonds is 2. The van der Waals surface area contributed by atoms with E-state index in [4.69, 9.17) is 17.3 Å². The molecule has 86 valence electrons. The first-order valence-electron chi connectivity index (χ1n) is 5.32. The van der Waals surface area contributed by atoms with E-state index in [0.717, 1.165) is 19.5 Å². The summed E-state index contributed by atoms with van der Waals surface area (Å²) in [5.41, 5.74) is 6.06. The van der Waals surface area contributed by atoms with E-state index in [9.17, 15) is 4.79 Å². The molecule has 0 aromatic carbocycles. The molecule has 4 nitrogen and oxygen atoms in total. The molecule has 1 aromatic heterocycles. The normalized spacial score (nSPS) is 20.1. The number of amides is 1. The highest BCUT2D eigenvalue weighted by atomic mass is 35.5.